The third-order valence-corrected chi connectivity index (χ3v) is 7.96. The van der Waals surface area contributed by atoms with Crippen LogP contribution in [0.4, 0.5) is 0 Å². The quantitative estimate of drug-likeness (QED) is 0.238. The van der Waals surface area contributed by atoms with Crippen LogP contribution in [0, 0.1) is 11.8 Å². The molecule has 0 atom stereocenters. The lowest BCUT2D eigenvalue weighted by atomic mass is 10.1. The summed E-state index contributed by atoms with van der Waals surface area (Å²) in [4.78, 5) is 21.7. The molecule has 212 valence electrons. The van der Waals surface area contributed by atoms with E-state index in [1.807, 2.05) is 12.1 Å². The zero-order valence-corrected chi connectivity index (χ0v) is 24.5. The minimum atomic E-state index is -0.902. The van der Waals surface area contributed by atoms with E-state index >= 15 is 0 Å². The molecule has 6 nitrogen and oxygen atoms in total. The molecule has 0 aliphatic carbocycles. The van der Waals surface area contributed by atoms with Crippen LogP contribution in [-0.4, -0.2) is 63.2 Å². The molecule has 1 fully saturated rings. The molecule has 0 radical (unpaired) electrons. The zero-order chi connectivity index (χ0) is 27.8. The molecule has 1 saturated heterocycles. The van der Waals surface area contributed by atoms with Gasteiger partial charge < -0.3 is 14.6 Å². The van der Waals surface area contributed by atoms with Crippen LogP contribution >= 0.6 is 0 Å². The number of aryl methyl sites for hydroxylation is 1. The smallest absolute Gasteiger partial charge is 0.335 e. The molecule has 1 aromatic heterocycles. The monoisotopic (exact) mass is 532 g/mol. The van der Waals surface area contributed by atoms with E-state index in [2.05, 4.69) is 60.3 Å². The first-order valence-electron chi connectivity index (χ1n) is 15.1. The molecule has 6 heteroatoms. The minimum Gasteiger partial charge on any atom is -0.478 e. The number of fused-ring (bicyclic) bond motifs is 1. The highest BCUT2D eigenvalue weighted by Gasteiger charge is 2.17. The number of rotatable bonds is 14. The first-order chi connectivity index (χ1) is 18.8. The third kappa shape index (κ3) is 8.39. The minimum absolute atomic E-state index is 0.302. The summed E-state index contributed by atoms with van der Waals surface area (Å²) in [5.74, 6) is 1.42. The number of benzene rings is 2. The average Bonchev–Trinajstić information content (AvgIpc) is 3.28. The number of piperidine rings is 1. The molecule has 4 rings (SSSR count). The molecule has 1 aliphatic rings. The Morgan fingerprint density at radius 1 is 0.923 bits per heavy atom. The number of hydrogen-bond acceptors (Lipinski definition) is 4. The van der Waals surface area contributed by atoms with Crippen molar-refractivity contribution in [3.05, 3.63) is 53.6 Å². The largest absolute Gasteiger partial charge is 0.478 e. The first-order valence-corrected chi connectivity index (χ1v) is 15.1. The molecule has 1 aliphatic heterocycles. The third-order valence-electron chi connectivity index (χ3n) is 7.96. The Kier molecular flexibility index (Phi) is 10.6. The second-order valence-corrected chi connectivity index (χ2v) is 12.2. The number of carboxylic acids is 1. The number of imidazole rings is 1. The Morgan fingerprint density at radius 2 is 1.59 bits per heavy atom. The topological polar surface area (TPSA) is 61.6 Å². The molecule has 1 N–H and O–H groups in total. The van der Waals surface area contributed by atoms with Crippen LogP contribution in [0.3, 0.4) is 0 Å². The molecular formula is C33H48N4O2. The summed E-state index contributed by atoms with van der Waals surface area (Å²) in [6, 6.07) is 13.9. The van der Waals surface area contributed by atoms with Gasteiger partial charge in [0.05, 0.1) is 16.6 Å². The van der Waals surface area contributed by atoms with Gasteiger partial charge in [0.2, 0.25) is 0 Å². The second-order valence-electron chi connectivity index (χ2n) is 12.2. The van der Waals surface area contributed by atoms with Crippen LogP contribution in [0.25, 0.3) is 22.4 Å². The Morgan fingerprint density at radius 3 is 2.21 bits per heavy atom. The number of aromatic nitrogens is 2. The summed E-state index contributed by atoms with van der Waals surface area (Å²) in [5, 5.41) is 9.37. The standard InChI is InChI=1S/C33H48N4O2/c1-25(2)15-21-36(22-16-26(3)4)24-27-9-14-30-31(23-27)37(20-8-19-35-17-6-5-7-18-35)32(34-30)28-10-12-29(13-11-28)33(38)39/h9-14,23,25-26H,5-8,15-22,24H2,1-4H3,(H,38,39). The Bertz CT molecular complexity index is 1180. The van der Waals surface area contributed by atoms with Crippen molar-refractivity contribution in [1.82, 2.24) is 19.4 Å². The number of likely N-dealkylation sites (tertiary alicyclic amines) is 1. The maximum absolute atomic E-state index is 11.4. The molecule has 0 saturated carbocycles. The van der Waals surface area contributed by atoms with Crippen LogP contribution in [0.2, 0.25) is 0 Å². The van der Waals surface area contributed by atoms with Crippen molar-refractivity contribution in [3.8, 4) is 11.4 Å². The highest BCUT2D eigenvalue weighted by molar-refractivity contribution is 5.88. The van der Waals surface area contributed by atoms with Crippen molar-refractivity contribution in [1.29, 1.82) is 0 Å². The normalized spacial score (nSPS) is 14.7. The second kappa shape index (κ2) is 14.1. The number of carbonyl (C=O) groups is 1. The number of aromatic carboxylic acids is 1. The van der Waals surface area contributed by atoms with E-state index in [0.717, 1.165) is 56.0 Å². The van der Waals surface area contributed by atoms with Gasteiger partial charge in [0.15, 0.2) is 0 Å². The molecule has 39 heavy (non-hydrogen) atoms. The van der Waals surface area contributed by atoms with Crippen molar-refractivity contribution >= 4 is 17.0 Å². The Labute approximate surface area is 235 Å². The fourth-order valence-electron chi connectivity index (χ4n) is 5.52. The van der Waals surface area contributed by atoms with Crippen molar-refractivity contribution in [3.63, 3.8) is 0 Å². The molecule has 0 amide bonds. The van der Waals surface area contributed by atoms with E-state index in [-0.39, 0.29) is 0 Å². The molecule has 0 bridgehead atoms. The van der Waals surface area contributed by atoms with E-state index in [1.54, 1.807) is 12.1 Å². The summed E-state index contributed by atoms with van der Waals surface area (Å²) in [6.07, 6.45) is 7.47. The SMILES string of the molecule is CC(C)CCN(CCC(C)C)Cc1ccc2nc(-c3ccc(C(=O)O)cc3)n(CCCN3CCCCC3)c2c1. The maximum atomic E-state index is 11.4. The fraction of sp³-hybridized carbons (Fsp3) is 0.576. The highest BCUT2D eigenvalue weighted by Crippen LogP contribution is 2.27. The first kappa shape index (κ1) is 29.3. The van der Waals surface area contributed by atoms with Gasteiger partial charge in [-0.3, -0.25) is 4.90 Å². The number of nitrogens with zero attached hydrogens (tertiary/aromatic N) is 4. The number of hydrogen-bond donors (Lipinski definition) is 1. The lowest BCUT2D eigenvalue weighted by Crippen LogP contribution is -2.31. The lowest BCUT2D eigenvalue weighted by molar-refractivity contribution is 0.0697. The van der Waals surface area contributed by atoms with E-state index in [1.165, 1.54) is 56.3 Å². The van der Waals surface area contributed by atoms with Gasteiger partial charge in [0.1, 0.15) is 5.82 Å². The summed E-state index contributed by atoms with van der Waals surface area (Å²) in [6.45, 7) is 16.8. The van der Waals surface area contributed by atoms with Gasteiger partial charge in [-0.2, -0.15) is 0 Å². The van der Waals surface area contributed by atoms with Gasteiger partial charge in [-0.25, -0.2) is 9.78 Å². The molecular weight excluding hydrogens is 484 g/mol. The van der Waals surface area contributed by atoms with Gasteiger partial charge in [-0.15, -0.1) is 0 Å². The van der Waals surface area contributed by atoms with Gasteiger partial charge in [0.25, 0.3) is 0 Å². The van der Waals surface area contributed by atoms with E-state index in [0.29, 0.717) is 17.4 Å². The molecule has 2 aromatic carbocycles. The average molecular weight is 533 g/mol. The maximum Gasteiger partial charge on any atom is 0.335 e. The van der Waals surface area contributed by atoms with E-state index < -0.39 is 5.97 Å². The van der Waals surface area contributed by atoms with Crippen molar-refractivity contribution in [2.24, 2.45) is 11.8 Å². The summed E-state index contributed by atoms with van der Waals surface area (Å²) in [5.41, 5.74) is 4.78. The van der Waals surface area contributed by atoms with E-state index in [4.69, 9.17) is 4.98 Å². The van der Waals surface area contributed by atoms with Gasteiger partial charge in [-0.1, -0.05) is 52.3 Å². The van der Waals surface area contributed by atoms with Crippen molar-refractivity contribution < 1.29 is 9.90 Å². The highest BCUT2D eigenvalue weighted by atomic mass is 16.4. The molecule has 0 unspecified atom stereocenters. The summed E-state index contributed by atoms with van der Waals surface area (Å²) in [7, 11) is 0. The van der Waals surface area contributed by atoms with Crippen LogP contribution in [0.1, 0.15) is 82.1 Å². The van der Waals surface area contributed by atoms with Crippen LogP contribution in [0.5, 0.6) is 0 Å². The van der Waals surface area contributed by atoms with Crippen LogP contribution in [-0.2, 0) is 13.1 Å². The lowest BCUT2D eigenvalue weighted by Gasteiger charge is -2.26. The molecule has 0 spiro atoms. The predicted molar refractivity (Wildman–Crippen MR) is 161 cm³/mol. The summed E-state index contributed by atoms with van der Waals surface area (Å²) >= 11 is 0. The molecule has 2 heterocycles. The predicted octanol–water partition coefficient (Wildman–Crippen LogP) is 7.17. The van der Waals surface area contributed by atoms with Crippen molar-refractivity contribution in [2.45, 2.75) is 79.3 Å². The van der Waals surface area contributed by atoms with Crippen molar-refractivity contribution in [2.75, 3.05) is 32.7 Å². The zero-order valence-electron chi connectivity index (χ0n) is 24.5. The van der Waals surface area contributed by atoms with Crippen LogP contribution < -0.4 is 0 Å². The van der Waals surface area contributed by atoms with Crippen LogP contribution in [0.15, 0.2) is 42.5 Å². The Balaban J connectivity index is 1.61. The number of carboxylic acid groups (broad SMARTS) is 1. The van der Waals surface area contributed by atoms with Gasteiger partial charge >= 0.3 is 5.97 Å². The molecule has 3 aromatic rings. The van der Waals surface area contributed by atoms with E-state index in [9.17, 15) is 9.90 Å². The fourth-order valence-corrected chi connectivity index (χ4v) is 5.52. The summed E-state index contributed by atoms with van der Waals surface area (Å²) < 4.78 is 2.37. The Hall–Kier alpha value is -2.70. The van der Waals surface area contributed by atoms with Gasteiger partial charge in [0, 0.05) is 18.7 Å². The van der Waals surface area contributed by atoms with Gasteiger partial charge in [-0.05, 0) is 106 Å².